The van der Waals surface area contributed by atoms with Gasteiger partial charge < -0.3 is 14.9 Å². The third-order valence-electron chi connectivity index (χ3n) is 6.02. The average molecular weight is 577 g/mol. The summed E-state index contributed by atoms with van der Waals surface area (Å²) in [5, 5.41) is 2.68. The molecule has 0 heterocycles. The van der Waals surface area contributed by atoms with Gasteiger partial charge in [-0.25, -0.2) is 5.57 Å². The van der Waals surface area contributed by atoms with Crippen molar-refractivity contribution in [3.05, 3.63) is 103 Å². The van der Waals surface area contributed by atoms with Crippen molar-refractivity contribution >= 4 is 42.5 Å². The van der Waals surface area contributed by atoms with Gasteiger partial charge in [-0.3, -0.25) is 6.08 Å². The van der Waals surface area contributed by atoms with Gasteiger partial charge in [0, 0.05) is 0 Å². The molecule has 3 aromatic rings. The third-order valence-corrected chi connectivity index (χ3v) is 6.02. The van der Waals surface area contributed by atoms with E-state index in [4.69, 9.17) is 0 Å². The summed E-state index contributed by atoms with van der Waals surface area (Å²) in [7, 11) is 0. The number of allylic oxidation sites excluding steroid dienone is 4. The minimum absolute atomic E-state index is 0. The van der Waals surface area contributed by atoms with Crippen LogP contribution in [0.3, 0.4) is 0 Å². The summed E-state index contributed by atoms with van der Waals surface area (Å²) in [4.78, 5) is 0. The number of fused-ring (bicyclic) bond motifs is 1. The summed E-state index contributed by atoms with van der Waals surface area (Å²) in [5.74, 6) is 0.560. The molecule has 0 aromatic heterocycles. The standard InChI is InChI=1S/C18H17.C9H13.2CH3.2ClH.Si.Zr/c1-12-10-13(2)14(3)18(11-12)17-9-8-15-6-4-5-7-16(15)17;1-6-5-7(2)9(4)8(6)3;;;;;;/h4-11H,1-3H3;6H,1-4H3;2*1H3;2*1H;;/q4*-1;;;;. The molecule has 0 nitrogen and oxygen atoms in total. The second-order valence-electron chi connectivity index (χ2n) is 7.89. The van der Waals surface area contributed by atoms with E-state index in [2.05, 4.69) is 110 Å². The van der Waals surface area contributed by atoms with Gasteiger partial charge in [0.2, 0.25) is 0 Å². The van der Waals surface area contributed by atoms with Crippen LogP contribution in [-0.4, -0.2) is 6.88 Å². The van der Waals surface area contributed by atoms with Crippen molar-refractivity contribution < 1.29 is 23.3 Å². The quantitative estimate of drug-likeness (QED) is 0.200. The molecule has 2 radical (unpaired) electrons. The number of aryl methyl sites for hydroxylation is 2. The third kappa shape index (κ3) is 8.74. The molecular weight excluding hydrogens is 539 g/mol. The summed E-state index contributed by atoms with van der Waals surface area (Å²) < 4.78 is 0. The number of hydrogen-bond donors (Lipinski definition) is 0. The average Bonchev–Trinajstić information content (AvgIpc) is 3.24. The second-order valence-corrected chi connectivity index (χ2v) is 7.89. The van der Waals surface area contributed by atoms with Crippen LogP contribution in [0.1, 0.15) is 44.4 Å². The normalized spacial score (nSPS) is 13.5. The topological polar surface area (TPSA) is 0 Å². The molecule has 180 valence electrons. The van der Waals surface area contributed by atoms with Crippen molar-refractivity contribution in [1.82, 2.24) is 0 Å². The van der Waals surface area contributed by atoms with Gasteiger partial charge in [-0.1, -0.05) is 61.6 Å². The number of hydrogen-bond acceptors (Lipinski definition) is 0. The van der Waals surface area contributed by atoms with Gasteiger partial charge in [-0.05, 0) is 26.3 Å². The summed E-state index contributed by atoms with van der Waals surface area (Å²) >= 11 is 1.36. The van der Waals surface area contributed by atoms with E-state index >= 15 is 0 Å². The molecule has 0 fully saturated rings. The van der Waals surface area contributed by atoms with E-state index in [0.29, 0.717) is 5.92 Å². The zero-order valence-corrected chi connectivity index (χ0v) is 26.6. The Morgan fingerprint density at radius 2 is 1.45 bits per heavy atom. The maximum absolute atomic E-state index is 3.36. The Kier molecular flexibility index (Phi) is 18.7. The van der Waals surface area contributed by atoms with Crippen LogP contribution in [0.4, 0.5) is 0 Å². The molecule has 33 heavy (non-hydrogen) atoms. The zero-order chi connectivity index (χ0) is 21.7. The fourth-order valence-corrected chi connectivity index (χ4v) is 3.87. The van der Waals surface area contributed by atoms with E-state index in [0.717, 1.165) is 0 Å². The van der Waals surface area contributed by atoms with Crippen molar-refractivity contribution in [2.75, 3.05) is 0 Å². The van der Waals surface area contributed by atoms with E-state index in [1.54, 1.807) is 0 Å². The predicted molar refractivity (Wildman–Crippen MR) is 152 cm³/mol. The first-order chi connectivity index (χ1) is 13.8. The molecule has 0 aliphatic heterocycles. The summed E-state index contributed by atoms with van der Waals surface area (Å²) in [6.07, 6.45) is 3.36. The van der Waals surface area contributed by atoms with Crippen molar-refractivity contribution in [3.63, 3.8) is 0 Å². The zero-order valence-electron chi connectivity index (χ0n) is 21.5. The molecule has 0 N–H and O–H groups in total. The Balaban J connectivity index is -0.000000522. The van der Waals surface area contributed by atoms with Crippen LogP contribution < -0.4 is 0 Å². The van der Waals surface area contributed by atoms with Gasteiger partial charge >= 0.3 is 30.2 Å². The summed E-state index contributed by atoms with van der Waals surface area (Å²) in [6, 6.07) is 17.6. The van der Waals surface area contributed by atoms with E-state index in [1.165, 1.54) is 78.6 Å². The monoisotopic (exact) mass is 574 g/mol. The molecule has 0 amide bonds. The number of halogens is 2. The van der Waals surface area contributed by atoms with Crippen molar-refractivity contribution in [2.24, 2.45) is 5.92 Å². The Morgan fingerprint density at radius 3 is 1.94 bits per heavy atom. The van der Waals surface area contributed by atoms with Crippen LogP contribution in [0.2, 0.25) is 0 Å². The molecule has 4 rings (SSSR count). The van der Waals surface area contributed by atoms with Crippen LogP contribution >= 0.6 is 24.8 Å². The first-order valence-electron chi connectivity index (χ1n) is 10.0. The SMILES string of the molecule is CC1=[C-]C(C)C(C)=C1C.Cc1cc(C)c(C)c(-c2c[cH-]c3ccccc23)c1.Cl.Cl.[CH3-].[CH3-].[Si]=[Zr]. The first-order valence-corrected chi connectivity index (χ1v) is 14.2. The Morgan fingerprint density at radius 1 is 0.879 bits per heavy atom. The molecule has 0 spiro atoms. The van der Waals surface area contributed by atoms with E-state index < -0.39 is 0 Å². The molecule has 1 atom stereocenters. The van der Waals surface area contributed by atoms with Crippen LogP contribution in [0.25, 0.3) is 21.9 Å². The fourth-order valence-electron chi connectivity index (χ4n) is 3.87. The maximum atomic E-state index is 3.36. The van der Waals surface area contributed by atoms with Gasteiger partial charge in [-0.15, -0.1) is 78.4 Å². The van der Waals surface area contributed by atoms with E-state index in [9.17, 15) is 0 Å². The number of benzene rings is 2. The summed E-state index contributed by atoms with van der Waals surface area (Å²) in [6.45, 7) is 18.3. The van der Waals surface area contributed by atoms with Gasteiger partial charge in [0.05, 0.1) is 0 Å². The van der Waals surface area contributed by atoms with Crippen molar-refractivity contribution in [2.45, 2.75) is 48.5 Å². The molecule has 1 aliphatic rings. The Hall–Kier alpha value is -0.790. The molecule has 1 unspecified atom stereocenters. The molecule has 3 aromatic carbocycles. The molecular formula is C29H38Cl2SiZr-4. The molecule has 0 saturated carbocycles. The van der Waals surface area contributed by atoms with Crippen LogP contribution in [0.5, 0.6) is 0 Å². The van der Waals surface area contributed by atoms with Crippen LogP contribution in [0, 0.1) is 47.6 Å². The second kappa shape index (κ2) is 16.8. The fraction of sp³-hybridized carbons (Fsp3) is 0.276. The van der Waals surface area contributed by atoms with E-state index in [-0.39, 0.29) is 39.7 Å². The first kappa shape index (κ1) is 36.8. The summed E-state index contributed by atoms with van der Waals surface area (Å²) in [5.41, 5.74) is 11.1. The van der Waals surface area contributed by atoms with Gasteiger partial charge in [0.15, 0.2) is 0 Å². The van der Waals surface area contributed by atoms with Crippen molar-refractivity contribution in [1.29, 1.82) is 0 Å². The van der Waals surface area contributed by atoms with Gasteiger partial charge in [0.1, 0.15) is 0 Å². The van der Waals surface area contributed by atoms with Crippen LogP contribution in [0.15, 0.2) is 65.3 Å². The van der Waals surface area contributed by atoms with Gasteiger partial charge in [0.25, 0.3) is 0 Å². The number of rotatable bonds is 1. The molecule has 0 bridgehead atoms. The predicted octanol–water partition coefficient (Wildman–Crippen LogP) is 9.23. The van der Waals surface area contributed by atoms with E-state index in [1.807, 2.05) is 0 Å². The molecule has 0 saturated heterocycles. The Labute approximate surface area is 232 Å². The molecule has 4 heteroatoms. The van der Waals surface area contributed by atoms with Crippen LogP contribution in [-0.2, 0) is 23.3 Å². The van der Waals surface area contributed by atoms with Gasteiger partial charge in [-0.2, -0.15) is 11.1 Å². The Bertz CT molecular complexity index is 1080. The van der Waals surface area contributed by atoms with Crippen molar-refractivity contribution in [3.8, 4) is 11.1 Å². The minimum atomic E-state index is 0. The molecule has 1 aliphatic carbocycles.